The number of ketones is 1. The Kier molecular flexibility index (Phi) is 5.33. The van der Waals surface area contributed by atoms with E-state index in [1.165, 1.54) is 42.3 Å². The van der Waals surface area contributed by atoms with Gasteiger partial charge in [0, 0.05) is 5.56 Å². The van der Waals surface area contributed by atoms with Crippen molar-refractivity contribution in [3.05, 3.63) is 95.1 Å². The number of rotatable bonds is 4. The van der Waals surface area contributed by atoms with Gasteiger partial charge >= 0.3 is 5.91 Å². The lowest BCUT2D eigenvalue weighted by atomic mass is 9.95. The van der Waals surface area contributed by atoms with Crippen molar-refractivity contribution >= 4 is 44.1 Å². The molecule has 4 aromatic rings. The van der Waals surface area contributed by atoms with Gasteiger partial charge in [-0.05, 0) is 60.2 Å². The summed E-state index contributed by atoms with van der Waals surface area (Å²) in [5.41, 5.74) is 1.01. The second-order valence-corrected chi connectivity index (χ2v) is 8.57. The molecule has 0 aliphatic carbocycles. The summed E-state index contributed by atoms with van der Waals surface area (Å²) >= 11 is 1.06. The SMILES string of the molecule is COc1ccc(C2/C(=C(\O)c3ccc(F)cc3)C(=O)C(=O)N2c2nc3ccc(F)cc3s2)cc1. The molecule has 1 saturated heterocycles. The first-order chi connectivity index (χ1) is 16.4. The number of hydrogen-bond donors (Lipinski definition) is 1. The molecule has 0 radical (unpaired) electrons. The van der Waals surface area contributed by atoms with Crippen LogP contribution in [-0.4, -0.2) is 28.9 Å². The van der Waals surface area contributed by atoms with Crippen molar-refractivity contribution in [2.45, 2.75) is 6.04 Å². The number of carbonyl (C=O) groups excluding carboxylic acids is 2. The van der Waals surface area contributed by atoms with Crippen LogP contribution in [-0.2, 0) is 9.59 Å². The molecule has 3 aromatic carbocycles. The summed E-state index contributed by atoms with van der Waals surface area (Å²) in [5, 5.41) is 11.2. The summed E-state index contributed by atoms with van der Waals surface area (Å²) in [6, 6.07) is 14.7. The minimum absolute atomic E-state index is 0.160. The largest absolute Gasteiger partial charge is 0.507 e. The summed E-state index contributed by atoms with van der Waals surface area (Å²) in [6.07, 6.45) is 0. The number of ether oxygens (including phenoxy) is 1. The maximum Gasteiger partial charge on any atom is 0.301 e. The molecule has 0 bridgehead atoms. The van der Waals surface area contributed by atoms with E-state index in [1.807, 2.05) is 0 Å². The number of Topliss-reactive ketones (excluding diaryl/α,β-unsaturated/α-hetero) is 1. The molecule has 1 aliphatic heterocycles. The Bertz CT molecular complexity index is 1460. The number of thiazole rings is 1. The van der Waals surface area contributed by atoms with Gasteiger partial charge in [-0.2, -0.15) is 0 Å². The Morgan fingerprint density at radius 1 is 1.00 bits per heavy atom. The zero-order valence-corrected chi connectivity index (χ0v) is 18.5. The van der Waals surface area contributed by atoms with E-state index in [4.69, 9.17) is 4.74 Å². The van der Waals surface area contributed by atoms with Gasteiger partial charge < -0.3 is 9.84 Å². The number of anilines is 1. The predicted molar refractivity (Wildman–Crippen MR) is 124 cm³/mol. The van der Waals surface area contributed by atoms with E-state index in [0.717, 1.165) is 23.5 Å². The van der Waals surface area contributed by atoms with Crippen molar-refractivity contribution in [1.82, 2.24) is 4.98 Å². The smallest absolute Gasteiger partial charge is 0.301 e. The van der Waals surface area contributed by atoms with Crippen LogP contribution < -0.4 is 9.64 Å². The fourth-order valence-corrected chi connectivity index (χ4v) is 4.90. The number of carbonyl (C=O) groups is 2. The van der Waals surface area contributed by atoms with Gasteiger partial charge in [0.05, 0.1) is 28.9 Å². The van der Waals surface area contributed by atoms with Gasteiger partial charge in [-0.3, -0.25) is 14.5 Å². The molecule has 1 aliphatic rings. The highest BCUT2D eigenvalue weighted by Gasteiger charge is 2.48. The van der Waals surface area contributed by atoms with Crippen LogP contribution >= 0.6 is 11.3 Å². The van der Waals surface area contributed by atoms with E-state index in [9.17, 15) is 23.5 Å². The molecule has 170 valence electrons. The number of amides is 1. The summed E-state index contributed by atoms with van der Waals surface area (Å²) in [4.78, 5) is 32.0. The zero-order chi connectivity index (χ0) is 24.0. The highest BCUT2D eigenvalue weighted by molar-refractivity contribution is 7.22. The Labute approximate surface area is 196 Å². The predicted octanol–water partition coefficient (Wildman–Crippen LogP) is 5.21. The first kappa shape index (κ1) is 21.7. The summed E-state index contributed by atoms with van der Waals surface area (Å²) in [5.74, 6) is -2.63. The van der Waals surface area contributed by atoms with Crippen molar-refractivity contribution in [3.63, 3.8) is 0 Å². The van der Waals surface area contributed by atoms with Crippen LogP contribution in [0.5, 0.6) is 5.75 Å². The second kappa shape index (κ2) is 8.35. The Morgan fingerprint density at radius 3 is 2.35 bits per heavy atom. The number of hydrogen-bond acceptors (Lipinski definition) is 6. The number of methoxy groups -OCH3 is 1. The Morgan fingerprint density at radius 2 is 1.68 bits per heavy atom. The van der Waals surface area contributed by atoms with Crippen molar-refractivity contribution in [1.29, 1.82) is 0 Å². The number of halogens is 2. The number of benzene rings is 3. The molecule has 34 heavy (non-hydrogen) atoms. The Hall–Kier alpha value is -4.11. The third-order valence-corrected chi connectivity index (χ3v) is 6.56. The molecule has 1 amide bonds. The number of nitrogens with zero attached hydrogens (tertiary/aromatic N) is 2. The average molecular weight is 478 g/mol. The lowest BCUT2D eigenvalue weighted by Crippen LogP contribution is -2.29. The number of aliphatic hydroxyl groups excluding tert-OH is 1. The van der Waals surface area contributed by atoms with Crippen molar-refractivity contribution in [2.75, 3.05) is 12.0 Å². The van der Waals surface area contributed by atoms with Crippen LogP contribution in [0, 0.1) is 11.6 Å². The number of fused-ring (bicyclic) bond motifs is 1. The van der Waals surface area contributed by atoms with E-state index in [0.29, 0.717) is 21.5 Å². The summed E-state index contributed by atoms with van der Waals surface area (Å²) in [7, 11) is 1.51. The van der Waals surface area contributed by atoms with Gasteiger partial charge in [0.1, 0.15) is 23.1 Å². The minimum Gasteiger partial charge on any atom is -0.507 e. The molecule has 1 unspecified atom stereocenters. The van der Waals surface area contributed by atoms with Gasteiger partial charge in [0.2, 0.25) is 0 Å². The first-order valence-electron chi connectivity index (χ1n) is 10.1. The molecule has 1 aromatic heterocycles. The summed E-state index contributed by atoms with van der Waals surface area (Å²) < 4.78 is 32.8. The topological polar surface area (TPSA) is 79.7 Å². The molecule has 0 spiro atoms. The average Bonchev–Trinajstić information content (AvgIpc) is 3.37. The van der Waals surface area contributed by atoms with Crippen LogP contribution in [0.1, 0.15) is 17.2 Å². The van der Waals surface area contributed by atoms with Gasteiger partial charge in [-0.1, -0.05) is 23.5 Å². The third kappa shape index (κ3) is 3.60. The molecule has 2 heterocycles. The minimum atomic E-state index is -1.01. The van der Waals surface area contributed by atoms with Gasteiger partial charge in [-0.15, -0.1) is 0 Å². The fourth-order valence-electron chi connectivity index (χ4n) is 3.88. The Balaban J connectivity index is 1.72. The fraction of sp³-hybridized carbons (Fsp3) is 0.0800. The highest BCUT2D eigenvalue weighted by atomic mass is 32.1. The van der Waals surface area contributed by atoms with Crippen molar-refractivity contribution in [3.8, 4) is 5.75 Å². The number of aliphatic hydroxyl groups is 1. The van der Waals surface area contributed by atoms with Crippen molar-refractivity contribution < 1.29 is 28.2 Å². The van der Waals surface area contributed by atoms with E-state index < -0.39 is 35.1 Å². The van der Waals surface area contributed by atoms with Crippen molar-refractivity contribution in [2.24, 2.45) is 0 Å². The lowest BCUT2D eigenvalue weighted by Gasteiger charge is -2.23. The quantitative estimate of drug-likeness (QED) is 0.248. The van der Waals surface area contributed by atoms with Crippen LogP contribution in [0.4, 0.5) is 13.9 Å². The molecular weight excluding hydrogens is 462 g/mol. The maximum absolute atomic E-state index is 13.7. The molecular formula is C25H16F2N2O4S. The summed E-state index contributed by atoms with van der Waals surface area (Å²) in [6.45, 7) is 0. The third-order valence-electron chi connectivity index (χ3n) is 5.54. The molecule has 9 heteroatoms. The number of aromatic nitrogens is 1. The second-order valence-electron chi connectivity index (χ2n) is 7.56. The van der Waals surface area contributed by atoms with Gasteiger partial charge in [0.15, 0.2) is 5.13 Å². The lowest BCUT2D eigenvalue weighted by molar-refractivity contribution is -0.132. The normalized spacial score (nSPS) is 17.5. The van der Waals surface area contributed by atoms with E-state index >= 15 is 0 Å². The van der Waals surface area contributed by atoms with Crippen LogP contribution in [0.25, 0.3) is 16.0 Å². The molecule has 1 fully saturated rings. The van der Waals surface area contributed by atoms with E-state index in [-0.39, 0.29) is 16.3 Å². The maximum atomic E-state index is 13.7. The highest BCUT2D eigenvalue weighted by Crippen LogP contribution is 2.44. The van der Waals surface area contributed by atoms with Crippen LogP contribution in [0.3, 0.4) is 0 Å². The van der Waals surface area contributed by atoms with Crippen LogP contribution in [0.15, 0.2) is 72.3 Å². The standard InChI is InChI=1S/C25H16F2N2O4S/c1-33-17-9-4-13(5-10-17)21-20(22(30)14-2-6-15(26)7-3-14)23(31)24(32)29(21)25-28-18-11-8-16(27)12-19(18)34-25/h2-12,21,30H,1H3/b22-20+. The first-order valence-corrected chi connectivity index (χ1v) is 11.0. The van der Waals surface area contributed by atoms with E-state index in [2.05, 4.69) is 4.98 Å². The van der Waals surface area contributed by atoms with Gasteiger partial charge in [-0.25, -0.2) is 13.8 Å². The van der Waals surface area contributed by atoms with Crippen LogP contribution in [0.2, 0.25) is 0 Å². The molecule has 6 nitrogen and oxygen atoms in total. The zero-order valence-electron chi connectivity index (χ0n) is 17.7. The molecule has 1 N–H and O–H groups in total. The monoisotopic (exact) mass is 478 g/mol. The molecule has 5 rings (SSSR count). The van der Waals surface area contributed by atoms with E-state index in [1.54, 1.807) is 24.3 Å². The van der Waals surface area contributed by atoms with Gasteiger partial charge in [0.25, 0.3) is 5.78 Å². The molecule has 1 atom stereocenters. The molecule has 0 saturated carbocycles.